The fourth-order valence-corrected chi connectivity index (χ4v) is 2.58. The lowest BCUT2D eigenvalue weighted by molar-refractivity contribution is -0.149. The number of carboxylic acid groups (broad SMARTS) is 1. The standard InChI is InChI=1S/C13H13BrClNO4/c14-7-1-3-10(15)9(5-7)12(17)16-6-8-2-4-11(20-8)13(18)19/h1,3,5,8,11H,2,4,6H2,(H,16,17)(H,18,19). The van der Waals surface area contributed by atoms with Gasteiger partial charge in [-0.1, -0.05) is 27.5 Å². The fourth-order valence-electron chi connectivity index (χ4n) is 2.01. The van der Waals surface area contributed by atoms with Gasteiger partial charge in [-0.3, -0.25) is 4.79 Å². The number of carboxylic acids is 1. The molecule has 1 aromatic carbocycles. The Morgan fingerprint density at radius 3 is 2.85 bits per heavy atom. The zero-order chi connectivity index (χ0) is 14.7. The van der Waals surface area contributed by atoms with Crippen molar-refractivity contribution in [3.63, 3.8) is 0 Å². The van der Waals surface area contributed by atoms with Crippen LogP contribution in [0.3, 0.4) is 0 Å². The molecule has 0 spiro atoms. The van der Waals surface area contributed by atoms with Crippen molar-refractivity contribution < 1.29 is 19.4 Å². The van der Waals surface area contributed by atoms with Crippen molar-refractivity contribution in [2.24, 2.45) is 0 Å². The number of benzene rings is 1. The zero-order valence-electron chi connectivity index (χ0n) is 10.4. The van der Waals surface area contributed by atoms with Gasteiger partial charge in [0.25, 0.3) is 5.91 Å². The van der Waals surface area contributed by atoms with Gasteiger partial charge in [0.1, 0.15) is 0 Å². The molecule has 1 amide bonds. The van der Waals surface area contributed by atoms with Crippen LogP contribution < -0.4 is 5.32 Å². The number of aliphatic carboxylic acids is 1. The highest BCUT2D eigenvalue weighted by Gasteiger charge is 2.30. The van der Waals surface area contributed by atoms with E-state index in [-0.39, 0.29) is 18.6 Å². The minimum Gasteiger partial charge on any atom is -0.479 e. The van der Waals surface area contributed by atoms with Crippen LogP contribution in [0.15, 0.2) is 22.7 Å². The number of ether oxygens (including phenoxy) is 1. The highest BCUT2D eigenvalue weighted by molar-refractivity contribution is 9.10. The van der Waals surface area contributed by atoms with Crippen LogP contribution in [-0.4, -0.2) is 35.7 Å². The van der Waals surface area contributed by atoms with Gasteiger partial charge >= 0.3 is 5.97 Å². The third-order valence-electron chi connectivity index (χ3n) is 3.05. The summed E-state index contributed by atoms with van der Waals surface area (Å²) in [5.74, 6) is -1.27. The molecule has 108 valence electrons. The predicted molar refractivity (Wildman–Crippen MR) is 77.0 cm³/mol. The van der Waals surface area contributed by atoms with E-state index in [9.17, 15) is 9.59 Å². The number of halogens is 2. The fraction of sp³-hybridized carbons (Fsp3) is 0.385. The SMILES string of the molecule is O=C(NCC1CCC(C(=O)O)O1)c1cc(Br)ccc1Cl. The predicted octanol–water partition coefficient (Wildman–Crippen LogP) is 2.46. The molecule has 1 saturated heterocycles. The minimum absolute atomic E-state index is 0.269. The number of hydrogen-bond acceptors (Lipinski definition) is 3. The Labute approximate surface area is 129 Å². The molecule has 2 rings (SSSR count). The number of nitrogens with one attached hydrogen (secondary N) is 1. The molecule has 0 radical (unpaired) electrons. The van der Waals surface area contributed by atoms with Gasteiger partial charge in [-0.2, -0.15) is 0 Å². The first-order valence-electron chi connectivity index (χ1n) is 6.09. The lowest BCUT2D eigenvalue weighted by Gasteiger charge is -2.13. The summed E-state index contributed by atoms with van der Waals surface area (Å²) in [6, 6.07) is 5.01. The van der Waals surface area contributed by atoms with Gasteiger partial charge in [0, 0.05) is 11.0 Å². The maximum atomic E-state index is 12.0. The molecule has 7 heteroatoms. The summed E-state index contributed by atoms with van der Waals surface area (Å²) in [6.07, 6.45) is 0.0362. The van der Waals surface area contributed by atoms with Gasteiger partial charge in [0.15, 0.2) is 6.10 Å². The highest BCUT2D eigenvalue weighted by atomic mass is 79.9. The monoisotopic (exact) mass is 361 g/mol. The van der Waals surface area contributed by atoms with Crippen LogP contribution in [0.4, 0.5) is 0 Å². The number of carbonyl (C=O) groups is 2. The average Bonchev–Trinajstić information content (AvgIpc) is 2.88. The van der Waals surface area contributed by atoms with Crippen LogP contribution in [0.5, 0.6) is 0 Å². The Bertz CT molecular complexity index is 537. The van der Waals surface area contributed by atoms with Gasteiger partial charge in [0.2, 0.25) is 0 Å². The van der Waals surface area contributed by atoms with Crippen LogP contribution in [0.1, 0.15) is 23.2 Å². The van der Waals surface area contributed by atoms with E-state index < -0.39 is 12.1 Å². The van der Waals surface area contributed by atoms with E-state index in [1.54, 1.807) is 18.2 Å². The molecule has 0 saturated carbocycles. The van der Waals surface area contributed by atoms with E-state index in [2.05, 4.69) is 21.2 Å². The highest BCUT2D eigenvalue weighted by Crippen LogP contribution is 2.22. The number of carbonyl (C=O) groups excluding carboxylic acids is 1. The second-order valence-electron chi connectivity index (χ2n) is 4.50. The topological polar surface area (TPSA) is 75.6 Å². The molecule has 1 fully saturated rings. The summed E-state index contributed by atoms with van der Waals surface area (Å²) < 4.78 is 6.07. The molecular weight excluding hydrogens is 350 g/mol. The third kappa shape index (κ3) is 3.71. The maximum absolute atomic E-state index is 12.0. The molecule has 0 bridgehead atoms. The van der Waals surface area contributed by atoms with Gasteiger partial charge in [0.05, 0.1) is 16.7 Å². The van der Waals surface area contributed by atoms with E-state index in [4.69, 9.17) is 21.4 Å². The molecule has 1 aliphatic rings. The second kappa shape index (κ2) is 6.56. The first-order valence-corrected chi connectivity index (χ1v) is 7.26. The van der Waals surface area contributed by atoms with Crippen molar-refractivity contribution in [2.45, 2.75) is 25.0 Å². The molecule has 20 heavy (non-hydrogen) atoms. The van der Waals surface area contributed by atoms with Gasteiger partial charge < -0.3 is 15.2 Å². The number of hydrogen-bond donors (Lipinski definition) is 2. The molecule has 2 unspecified atom stereocenters. The summed E-state index contributed by atoms with van der Waals surface area (Å²) in [4.78, 5) is 22.8. The van der Waals surface area contributed by atoms with E-state index >= 15 is 0 Å². The summed E-state index contributed by atoms with van der Waals surface area (Å²) >= 11 is 9.24. The van der Waals surface area contributed by atoms with Crippen LogP contribution in [0, 0.1) is 0 Å². The largest absolute Gasteiger partial charge is 0.479 e. The first-order chi connectivity index (χ1) is 9.47. The minimum atomic E-state index is -0.964. The Kier molecular flexibility index (Phi) is 5.01. The smallest absolute Gasteiger partial charge is 0.332 e. The summed E-state index contributed by atoms with van der Waals surface area (Å²) in [6.45, 7) is 0.269. The van der Waals surface area contributed by atoms with Gasteiger partial charge in [-0.25, -0.2) is 4.79 Å². The summed E-state index contributed by atoms with van der Waals surface area (Å²) in [7, 11) is 0. The Morgan fingerprint density at radius 1 is 1.45 bits per heavy atom. The molecule has 0 aromatic heterocycles. The molecule has 1 aromatic rings. The Balaban J connectivity index is 1.90. The molecule has 5 nitrogen and oxygen atoms in total. The number of amides is 1. The lowest BCUT2D eigenvalue weighted by atomic mass is 10.2. The first kappa shape index (κ1) is 15.3. The van der Waals surface area contributed by atoms with E-state index in [0.717, 1.165) is 4.47 Å². The van der Waals surface area contributed by atoms with Crippen molar-refractivity contribution in [1.29, 1.82) is 0 Å². The maximum Gasteiger partial charge on any atom is 0.332 e. The van der Waals surface area contributed by atoms with E-state index in [1.165, 1.54) is 0 Å². The lowest BCUT2D eigenvalue weighted by Crippen LogP contribution is -2.33. The van der Waals surface area contributed by atoms with Crippen LogP contribution >= 0.6 is 27.5 Å². The third-order valence-corrected chi connectivity index (χ3v) is 3.87. The number of rotatable bonds is 4. The Hall–Kier alpha value is -1.11. The van der Waals surface area contributed by atoms with E-state index in [0.29, 0.717) is 23.4 Å². The van der Waals surface area contributed by atoms with Crippen molar-refractivity contribution in [1.82, 2.24) is 5.32 Å². The zero-order valence-corrected chi connectivity index (χ0v) is 12.8. The molecular formula is C13H13BrClNO4. The normalized spacial score (nSPS) is 21.7. The molecule has 0 aliphatic carbocycles. The average molecular weight is 363 g/mol. The Morgan fingerprint density at radius 2 is 2.20 bits per heavy atom. The van der Waals surface area contributed by atoms with Crippen LogP contribution in [0.25, 0.3) is 0 Å². The van der Waals surface area contributed by atoms with Crippen molar-refractivity contribution >= 4 is 39.4 Å². The van der Waals surface area contributed by atoms with Crippen molar-refractivity contribution in [3.05, 3.63) is 33.3 Å². The molecule has 1 aliphatic heterocycles. The summed E-state index contributed by atoms with van der Waals surface area (Å²) in [5.41, 5.74) is 0.369. The van der Waals surface area contributed by atoms with E-state index in [1.807, 2.05) is 0 Å². The summed E-state index contributed by atoms with van der Waals surface area (Å²) in [5, 5.41) is 11.9. The molecule has 2 atom stereocenters. The van der Waals surface area contributed by atoms with Crippen molar-refractivity contribution in [3.8, 4) is 0 Å². The van der Waals surface area contributed by atoms with Crippen LogP contribution in [-0.2, 0) is 9.53 Å². The van der Waals surface area contributed by atoms with Gasteiger partial charge in [-0.05, 0) is 31.0 Å². The van der Waals surface area contributed by atoms with Crippen LogP contribution in [0.2, 0.25) is 5.02 Å². The molecule has 2 N–H and O–H groups in total. The molecule has 1 heterocycles. The second-order valence-corrected chi connectivity index (χ2v) is 5.82. The quantitative estimate of drug-likeness (QED) is 0.863. The van der Waals surface area contributed by atoms with Crippen molar-refractivity contribution in [2.75, 3.05) is 6.54 Å². The van der Waals surface area contributed by atoms with Gasteiger partial charge in [-0.15, -0.1) is 0 Å².